The lowest BCUT2D eigenvalue weighted by molar-refractivity contribution is 0.994. The highest BCUT2D eigenvalue weighted by Crippen LogP contribution is 2.25. The van der Waals surface area contributed by atoms with E-state index in [1.807, 2.05) is 12.1 Å². The van der Waals surface area contributed by atoms with E-state index < -0.39 is 0 Å². The van der Waals surface area contributed by atoms with E-state index in [1.165, 1.54) is 11.3 Å². The van der Waals surface area contributed by atoms with Gasteiger partial charge in [-0.05, 0) is 17.9 Å². The number of aliphatic imine (C=N–C) groups is 1. The van der Waals surface area contributed by atoms with E-state index in [4.69, 9.17) is 5.73 Å². The maximum absolute atomic E-state index is 5.73. The minimum Gasteiger partial charge on any atom is -0.326 e. The molecule has 0 spiro atoms. The van der Waals surface area contributed by atoms with E-state index in [1.54, 1.807) is 11.8 Å². The summed E-state index contributed by atoms with van der Waals surface area (Å²) < 4.78 is 0. The summed E-state index contributed by atoms with van der Waals surface area (Å²) in [5.41, 5.74) is 8.11. The Morgan fingerprint density at radius 2 is 2.27 bits per heavy atom. The van der Waals surface area contributed by atoms with Crippen LogP contribution in [0.15, 0.2) is 29.3 Å². The molecule has 0 saturated heterocycles. The van der Waals surface area contributed by atoms with Crippen LogP contribution in [0, 0.1) is 0 Å². The van der Waals surface area contributed by atoms with Gasteiger partial charge in [0.2, 0.25) is 0 Å². The molecule has 1 aliphatic heterocycles. The molecule has 0 aromatic heterocycles. The van der Waals surface area contributed by atoms with E-state index in [2.05, 4.69) is 28.3 Å². The summed E-state index contributed by atoms with van der Waals surface area (Å²) >= 11 is 1.69. The molecular weight excluding hydrogens is 206 g/mol. The maximum Gasteiger partial charge on any atom is 0.163 e. The zero-order valence-corrected chi connectivity index (χ0v) is 9.63. The minimum atomic E-state index is 0.578. The highest BCUT2D eigenvalue weighted by Gasteiger charge is 2.19. The fourth-order valence-corrected chi connectivity index (χ4v) is 2.40. The Hall–Kier alpha value is -1.00. The summed E-state index contributed by atoms with van der Waals surface area (Å²) in [5.74, 6) is 0. The fourth-order valence-electron chi connectivity index (χ4n) is 1.77. The van der Waals surface area contributed by atoms with Gasteiger partial charge in [0.05, 0.1) is 6.54 Å². The second-order valence-corrected chi connectivity index (χ2v) is 4.13. The minimum absolute atomic E-state index is 0.578. The fraction of sp³-hybridized carbons (Fsp3) is 0.364. The zero-order chi connectivity index (χ0) is 10.7. The van der Waals surface area contributed by atoms with Crippen LogP contribution in [-0.2, 0) is 6.54 Å². The SMILES string of the molecule is CSC1=NCCN1c1ccccc1CN. The first-order chi connectivity index (χ1) is 7.36. The van der Waals surface area contributed by atoms with Gasteiger partial charge in [-0.3, -0.25) is 4.99 Å². The Labute approximate surface area is 94.4 Å². The van der Waals surface area contributed by atoms with E-state index in [-0.39, 0.29) is 0 Å². The van der Waals surface area contributed by atoms with E-state index in [9.17, 15) is 0 Å². The number of benzene rings is 1. The van der Waals surface area contributed by atoms with Crippen molar-refractivity contribution in [2.45, 2.75) is 6.54 Å². The molecule has 1 aliphatic rings. The third-order valence-corrected chi connectivity index (χ3v) is 3.20. The molecule has 2 N–H and O–H groups in total. The van der Waals surface area contributed by atoms with Gasteiger partial charge in [0.25, 0.3) is 0 Å². The van der Waals surface area contributed by atoms with Gasteiger partial charge in [0.15, 0.2) is 5.17 Å². The first-order valence-electron chi connectivity index (χ1n) is 5.00. The number of rotatable bonds is 2. The maximum atomic E-state index is 5.73. The van der Waals surface area contributed by atoms with Crippen LogP contribution in [0.4, 0.5) is 5.69 Å². The quantitative estimate of drug-likeness (QED) is 0.826. The highest BCUT2D eigenvalue weighted by atomic mass is 32.2. The first-order valence-corrected chi connectivity index (χ1v) is 6.23. The second kappa shape index (κ2) is 4.68. The molecular formula is C11H15N3S. The number of amidine groups is 1. The number of nitrogens with two attached hydrogens (primary N) is 1. The lowest BCUT2D eigenvalue weighted by Gasteiger charge is -2.21. The molecule has 0 bridgehead atoms. The third kappa shape index (κ3) is 2.01. The lowest BCUT2D eigenvalue weighted by Crippen LogP contribution is -2.26. The average Bonchev–Trinajstić information content (AvgIpc) is 2.76. The summed E-state index contributed by atoms with van der Waals surface area (Å²) in [6, 6.07) is 8.26. The second-order valence-electron chi connectivity index (χ2n) is 3.35. The van der Waals surface area contributed by atoms with Gasteiger partial charge in [-0.25, -0.2) is 0 Å². The standard InChI is InChI=1S/C11H15N3S/c1-15-11-13-6-7-14(11)10-5-3-2-4-9(10)8-12/h2-5H,6-8,12H2,1H3. The molecule has 3 nitrogen and oxygen atoms in total. The van der Waals surface area contributed by atoms with Crippen molar-refractivity contribution in [3.8, 4) is 0 Å². The van der Waals surface area contributed by atoms with Gasteiger partial charge in [0, 0.05) is 18.8 Å². The van der Waals surface area contributed by atoms with Crippen LogP contribution in [0.5, 0.6) is 0 Å². The number of hydrogen-bond donors (Lipinski definition) is 1. The van der Waals surface area contributed by atoms with Crippen molar-refractivity contribution in [2.75, 3.05) is 24.2 Å². The van der Waals surface area contributed by atoms with E-state index in [0.717, 1.165) is 18.3 Å². The smallest absolute Gasteiger partial charge is 0.163 e. The molecule has 80 valence electrons. The van der Waals surface area contributed by atoms with Crippen LogP contribution in [0.1, 0.15) is 5.56 Å². The van der Waals surface area contributed by atoms with Crippen molar-refractivity contribution in [3.63, 3.8) is 0 Å². The molecule has 0 atom stereocenters. The molecule has 15 heavy (non-hydrogen) atoms. The number of anilines is 1. The highest BCUT2D eigenvalue weighted by molar-refractivity contribution is 8.13. The summed E-state index contributed by atoms with van der Waals surface area (Å²) in [6.07, 6.45) is 2.06. The lowest BCUT2D eigenvalue weighted by atomic mass is 10.1. The van der Waals surface area contributed by atoms with Crippen molar-refractivity contribution in [1.29, 1.82) is 0 Å². The molecule has 0 aliphatic carbocycles. The monoisotopic (exact) mass is 221 g/mol. The van der Waals surface area contributed by atoms with Crippen molar-refractivity contribution in [1.82, 2.24) is 0 Å². The molecule has 1 aromatic rings. The van der Waals surface area contributed by atoms with Gasteiger partial charge in [-0.15, -0.1) is 0 Å². The van der Waals surface area contributed by atoms with Crippen molar-refractivity contribution >= 4 is 22.6 Å². The summed E-state index contributed by atoms with van der Waals surface area (Å²) in [7, 11) is 0. The van der Waals surface area contributed by atoms with Crippen LogP contribution in [-0.4, -0.2) is 24.5 Å². The Morgan fingerprint density at radius 1 is 1.47 bits per heavy atom. The topological polar surface area (TPSA) is 41.6 Å². The van der Waals surface area contributed by atoms with Crippen molar-refractivity contribution < 1.29 is 0 Å². The normalized spacial score (nSPS) is 15.6. The number of hydrogen-bond acceptors (Lipinski definition) is 4. The zero-order valence-electron chi connectivity index (χ0n) is 8.81. The van der Waals surface area contributed by atoms with Gasteiger partial charge in [0.1, 0.15) is 0 Å². The largest absolute Gasteiger partial charge is 0.326 e. The molecule has 4 heteroatoms. The molecule has 2 rings (SSSR count). The molecule has 1 heterocycles. The Bertz CT molecular complexity index is 376. The number of para-hydroxylation sites is 1. The first kappa shape index (κ1) is 10.5. The summed E-state index contributed by atoms with van der Waals surface area (Å²) in [4.78, 5) is 6.70. The molecule has 1 aromatic carbocycles. The molecule has 0 saturated carbocycles. The van der Waals surface area contributed by atoms with Crippen LogP contribution < -0.4 is 10.6 Å². The molecule has 0 amide bonds. The van der Waals surface area contributed by atoms with Crippen LogP contribution in [0.2, 0.25) is 0 Å². The van der Waals surface area contributed by atoms with Crippen LogP contribution >= 0.6 is 11.8 Å². The molecule has 0 fully saturated rings. The van der Waals surface area contributed by atoms with E-state index >= 15 is 0 Å². The predicted octanol–water partition coefficient (Wildman–Crippen LogP) is 1.68. The van der Waals surface area contributed by atoms with Gasteiger partial charge < -0.3 is 10.6 Å². The Morgan fingerprint density at radius 3 is 3.00 bits per heavy atom. The van der Waals surface area contributed by atoms with Gasteiger partial charge in [-0.2, -0.15) is 0 Å². The molecule has 0 unspecified atom stereocenters. The number of thioether (sulfide) groups is 1. The summed E-state index contributed by atoms with van der Waals surface area (Å²) in [5, 5.41) is 1.09. The van der Waals surface area contributed by atoms with Crippen LogP contribution in [0.3, 0.4) is 0 Å². The van der Waals surface area contributed by atoms with Gasteiger partial charge >= 0.3 is 0 Å². The molecule has 0 radical (unpaired) electrons. The van der Waals surface area contributed by atoms with Crippen LogP contribution in [0.25, 0.3) is 0 Å². The predicted molar refractivity (Wildman–Crippen MR) is 67.5 cm³/mol. The van der Waals surface area contributed by atoms with Gasteiger partial charge in [-0.1, -0.05) is 30.0 Å². The summed E-state index contributed by atoms with van der Waals surface area (Å²) in [6.45, 7) is 2.43. The average molecular weight is 221 g/mol. The number of nitrogens with zero attached hydrogens (tertiary/aromatic N) is 2. The Balaban J connectivity index is 2.33. The third-order valence-electron chi connectivity index (χ3n) is 2.49. The Kier molecular flexibility index (Phi) is 3.28. The van der Waals surface area contributed by atoms with Crippen molar-refractivity contribution in [2.24, 2.45) is 10.7 Å². The van der Waals surface area contributed by atoms with Crippen molar-refractivity contribution in [3.05, 3.63) is 29.8 Å². The van der Waals surface area contributed by atoms with E-state index in [0.29, 0.717) is 6.54 Å².